The van der Waals surface area contributed by atoms with Crippen LogP contribution in [0.5, 0.6) is 0 Å². The average molecular weight is 340 g/mol. The van der Waals surface area contributed by atoms with Gasteiger partial charge in [-0.2, -0.15) is 5.10 Å². The van der Waals surface area contributed by atoms with Crippen molar-refractivity contribution < 1.29 is 4.79 Å². The second kappa shape index (κ2) is 5.67. The molecule has 0 radical (unpaired) electrons. The summed E-state index contributed by atoms with van der Waals surface area (Å²) in [5.74, 6) is -0.210. The molecule has 1 aromatic carbocycles. The number of amides is 1. The molecule has 3 rings (SSSR count). The zero-order valence-corrected chi connectivity index (χ0v) is 13.4. The number of benzene rings is 1. The van der Waals surface area contributed by atoms with Gasteiger partial charge in [0.25, 0.3) is 5.91 Å². The average Bonchev–Trinajstić information content (AvgIpc) is 2.98. The Bertz CT molecular complexity index is 805. The van der Waals surface area contributed by atoms with E-state index in [-0.39, 0.29) is 5.91 Å². The van der Waals surface area contributed by atoms with Crippen LogP contribution in [0, 0.1) is 0 Å². The van der Waals surface area contributed by atoms with Crippen molar-refractivity contribution in [3.63, 3.8) is 0 Å². The van der Waals surface area contributed by atoms with Crippen molar-refractivity contribution in [2.75, 3.05) is 0 Å². The molecule has 0 aliphatic rings. The first-order valence-electron chi connectivity index (χ1n) is 6.19. The molecule has 3 aromatic rings. The van der Waals surface area contributed by atoms with Crippen molar-refractivity contribution >= 4 is 50.5 Å². The fourth-order valence-corrected chi connectivity index (χ4v) is 3.71. The van der Waals surface area contributed by atoms with E-state index in [1.807, 2.05) is 24.3 Å². The first-order chi connectivity index (χ1) is 10.1. The molecule has 0 bridgehead atoms. The van der Waals surface area contributed by atoms with E-state index in [2.05, 4.69) is 10.4 Å². The van der Waals surface area contributed by atoms with E-state index in [1.54, 1.807) is 17.9 Å². The number of hydrogen-bond donors (Lipinski definition) is 1. The summed E-state index contributed by atoms with van der Waals surface area (Å²) in [5.41, 5.74) is 0.752. The molecule has 0 aliphatic heterocycles. The Morgan fingerprint density at radius 3 is 2.81 bits per heavy atom. The number of thiophene rings is 1. The summed E-state index contributed by atoms with van der Waals surface area (Å²) < 4.78 is 2.63. The molecule has 0 saturated carbocycles. The van der Waals surface area contributed by atoms with Gasteiger partial charge in [-0.05, 0) is 6.07 Å². The van der Waals surface area contributed by atoms with Crippen LogP contribution in [0.2, 0.25) is 10.0 Å². The molecular weight excluding hydrogens is 329 g/mol. The highest BCUT2D eigenvalue weighted by atomic mass is 35.5. The van der Waals surface area contributed by atoms with Gasteiger partial charge in [0.1, 0.15) is 4.88 Å². The first kappa shape index (κ1) is 14.4. The number of nitrogens with zero attached hydrogens (tertiary/aromatic N) is 2. The molecule has 7 heteroatoms. The van der Waals surface area contributed by atoms with Gasteiger partial charge in [0.15, 0.2) is 0 Å². The molecule has 0 aliphatic carbocycles. The van der Waals surface area contributed by atoms with Crippen LogP contribution in [-0.4, -0.2) is 15.7 Å². The second-order valence-electron chi connectivity index (χ2n) is 4.49. The van der Waals surface area contributed by atoms with E-state index in [4.69, 9.17) is 23.2 Å². The third-order valence-electron chi connectivity index (χ3n) is 3.17. The number of carbonyl (C=O) groups is 1. The summed E-state index contributed by atoms with van der Waals surface area (Å²) in [4.78, 5) is 12.8. The summed E-state index contributed by atoms with van der Waals surface area (Å²) in [6, 6.07) is 7.67. The van der Waals surface area contributed by atoms with Gasteiger partial charge in [0.05, 0.1) is 28.5 Å². The highest BCUT2D eigenvalue weighted by Crippen LogP contribution is 2.35. The third-order valence-corrected chi connectivity index (χ3v) is 5.16. The number of fused-ring (bicyclic) bond motifs is 1. The van der Waals surface area contributed by atoms with Crippen LogP contribution >= 0.6 is 34.5 Å². The predicted octanol–water partition coefficient (Wildman–Crippen LogP) is 3.87. The third kappa shape index (κ3) is 2.64. The topological polar surface area (TPSA) is 46.9 Å². The van der Waals surface area contributed by atoms with Gasteiger partial charge in [0, 0.05) is 17.1 Å². The van der Waals surface area contributed by atoms with E-state index in [9.17, 15) is 4.79 Å². The molecular formula is C14H11Cl2N3OS. The zero-order valence-electron chi connectivity index (χ0n) is 11.1. The number of carbonyl (C=O) groups excluding carboxylic acids is 1. The standard InChI is InChI=1S/C14H11Cl2N3OS/c1-19-10(9(15)6-18-19)7-17-14(20)13-12(16)8-4-2-3-5-11(8)21-13/h2-6H,7H2,1H3,(H,17,20). The Hall–Kier alpha value is -1.56. The van der Waals surface area contributed by atoms with Crippen LogP contribution in [0.25, 0.3) is 10.1 Å². The molecule has 0 spiro atoms. The molecule has 1 N–H and O–H groups in total. The summed E-state index contributed by atoms with van der Waals surface area (Å²) in [5, 5.41) is 8.77. The minimum atomic E-state index is -0.210. The van der Waals surface area contributed by atoms with Crippen LogP contribution in [-0.2, 0) is 13.6 Å². The lowest BCUT2D eigenvalue weighted by Gasteiger charge is -2.05. The number of aromatic nitrogens is 2. The number of nitrogens with one attached hydrogen (secondary N) is 1. The molecule has 1 amide bonds. The van der Waals surface area contributed by atoms with Crippen molar-refractivity contribution in [1.82, 2.24) is 15.1 Å². The lowest BCUT2D eigenvalue weighted by molar-refractivity contribution is 0.0954. The van der Waals surface area contributed by atoms with Gasteiger partial charge in [-0.3, -0.25) is 9.48 Å². The monoisotopic (exact) mass is 339 g/mol. The van der Waals surface area contributed by atoms with E-state index in [1.165, 1.54) is 11.3 Å². The quantitative estimate of drug-likeness (QED) is 0.787. The number of aryl methyl sites for hydroxylation is 1. The Labute approximate surface area is 135 Å². The minimum absolute atomic E-state index is 0.210. The number of halogens is 2. The van der Waals surface area contributed by atoms with Crippen LogP contribution in [0.15, 0.2) is 30.5 Å². The van der Waals surface area contributed by atoms with Crippen molar-refractivity contribution in [1.29, 1.82) is 0 Å². The molecule has 0 atom stereocenters. The van der Waals surface area contributed by atoms with Gasteiger partial charge < -0.3 is 5.32 Å². The molecule has 0 unspecified atom stereocenters. The molecule has 2 aromatic heterocycles. The maximum Gasteiger partial charge on any atom is 0.263 e. The lowest BCUT2D eigenvalue weighted by atomic mass is 10.2. The minimum Gasteiger partial charge on any atom is -0.346 e. The van der Waals surface area contributed by atoms with E-state index in [0.29, 0.717) is 21.5 Å². The number of hydrogen-bond acceptors (Lipinski definition) is 3. The first-order valence-corrected chi connectivity index (χ1v) is 7.76. The highest BCUT2D eigenvalue weighted by molar-refractivity contribution is 7.21. The van der Waals surface area contributed by atoms with Crippen molar-refractivity contribution in [2.24, 2.45) is 7.05 Å². The van der Waals surface area contributed by atoms with Gasteiger partial charge in [0.2, 0.25) is 0 Å². The largest absolute Gasteiger partial charge is 0.346 e. The SMILES string of the molecule is Cn1ncc(Cl)c1CNC(=O)c1sc2ccccc2c1Cl. The Balaban J connectivity index is 1.83. The van der Waals surface area contributed by atoms with E-state index < -0.39 is 0 Å². The Morgan fingerprint density at radius 1 is 1.38 bits per heavy atom. The maximum absolute atomic E-state index is 12.3. The number of rotatable bonds is 3. The normalized spacial score (nSPS) is 11.0. The molecule has 4 nitrogen and oxygen atoms in total. The van der Waals surface area contributed by atoms with Crippen molar-refractivity contribution in [3.8, 4) is 0 Å². The van der Waals surface area contributed by atoms with Crippen molar-refractivity contribution in [2.45, 2.75) is 6.54 Å². The van der Waals surface area contributed by atoms with Crippen LogP contribution in [0.1, 0.15) is 15.4 Å². The zero-order chi connectivity index (χ0) is 15.0. The van der Waals surface area contributed by atoms with Gasteiger partial charge >= 0.3 is 0 Å². The Morgan fingerprint density at radius 2 is 2.14 bits per heavy atom. The molecule has 21 heavy (non-hydrogen) atoms. The lowest BCUT2D eigenvalue weighted by Crippen LogP contribution is -2.23. The second-order valence-corrected chi connectivity index (χ2v) is 6.32. The summed E-state index contributed by atoms with van der Waals surface area (Å²) in [7, 11) is 1.78. The van der Waals surface area contributed by atoms with Gasteiger partial charge in [-0.25, -0.2) is 0 Å². The molecule has 2 heterocycles. The summed E-state index contributed by atoms with van der Waals surface area (Å²) in [6.45, 7) is 0.304. The summed E-state index contributed by atoms with van der Waals surface area (Å²) in [6.07, 6.45) is 1.55. The van der Waals surface area contributed by atoms with Crippen LogP contribution in [0.3, 0.4) is 0 Å². The maximum atomic E-state index is 12.3. The van der Waals surface area contributed by atoms with Gasteiger partial charge in [-0.15, -0.1) is 11.3 Å². The Kier molecular flexibility index (Phi) is 3.89. The van der Waals surface area contributed by atoms with Crippen molar-refractivity contribution in [3.05, 3.63) is 51.1 Å². The predicted molar refractivity (Wildman–Crippen MR) is 86.2 cm³/mol. The molecule has 0 saturated heterocycles. The smallest absolute Gasteiger partial charge is 0.263 e. The van der Waals surface area contributed by atoms with Gasteiger partial charge in [-0.1, -0.05) is 41.4 Å². The fourth-order valence-electron chi connectivity index (χ4n) is 2.04. The van der Waals surface area contributed by atoms with Crippen LogP contribution in [0.4, 0.5) is 0 Å². The van der Waals surface area contributed by atoms with E-state index >= 15 is 0 Å². The summed E-state index contributed by atoms with van der Waals surface area (Å²) >= 11 is 13.7. The molecule has 108 valence electrons. The fraction of sp³-hybridized carbons (Fsp3) is 0.143. The van der Waals surface area contributed by atoms with Crippen LogP contribution < -0.4 is 5.32 Å². The van der Waals surface area contributed by atoms with E-state index in [0.717, 1.165) is 15.8 Å². The molecule has 0 fully saturated rings. The highest BCUT2D eigenvalue weighted by Gasteiger charge is 2.17.